The summed E-state index contributed by atoms with van der Waals surface area (Å²) in [6.07, 6.45) is 14.6. The second-order valence-electron chi connectivity index (χ2n) is 17.3. The number of cyclic esters (lactones) is 1. The summed E-state index contributed by atoms with van der Waals surface area (Å²) in [5.41, 5.74) is -0.151. The number of aromatic nitrogens is 1. The third-order valence-electron chi connectivity index (χ3n) is 13.6. The number of amides is 2. The molecule has 4 aliphatic carbocycles. The highest BCUT2D eigenvalue weighted by Gasteiger charge is 2.61. The monoisotopic (exact) mass is 759 g/mol. The number of Topliss-reactive ketones (excluding diaryl/α,β-unsaturated/α-hetero) is 1. The smallest absolute Gasteiger partial charge is 0.306 e. The second-order valence-corrected chi connectivity index (χ2v) is 19.2. The number of sulfonamides is 1. The zero-order valence-corrected chi connectivity index (χ0v) is 32.0. The van der Waals surface area contributed by atoms with E-state index in [1.165, 1.54) is 0 Å². The lowest BCUT2D eigenvalue weighted by Crippen LogP contribution is -2.47. The van der Waals surface area contributed by atoms with Crippen LogP contribution in [0.15, 0.2) is 43.1 Å². The molecule has 5 atom stereocenters. The normalized spacial score (nSPS) is 30.5. The van der Waals surface area contributed by atoms with Gasteiger partial charge in [0.25, 0.3) is 0 Å². The molecular weight excluding hydrogens is 707 g/mol. The fourth-order valence-electron chi connectivity index (χ4n) is 10.1. The zero-order valence-electron chi connectivity index (χ0n) is 31.1. The minimum absolute atomic E-state index is 0.0108. The molecule has 6 aliphatic rings. The molecule has 8 rings (SSSR count). The summed E-state index contributed by atoms with van der Waals surface area (Å²) in [6, 6.07) is 7.36. The van der Waals surface area contributed by atoms with Gasteiger partial charge in [0.15, 0.2) is 5.78 Å². The van der Waals surface area contributed by atoms with Crippen LogP contribution >= 0.6 is 0 Å². The van der Waals surface area contributed by atoms with Gasteiger partial charge in [0, 0.05) is 29.8 Å². The van der Waals surface area contributed by atoms with Crippen molar-refractivity contribution in [3.05, 3.63) is 48.7 Å². The number of ketones is 1. The van der Waals surface area contributed by atoms with Crippen molar-refractivity contribution >= 4 is 44.4 Å². The van der Waals surface area contributed by atoms with Gasteiger partial charge in [0.05, 0.1) is 42.2 Å². The van der Waals surface area contributed by atoms with Crippen molar-refractivity contribution in [3.8, 4) is 5.88 Å². The topological polar surface area (TPSA) is 149 Å². The van der Waals surface area contributed by atoms with Gasteiger partial charge in [-0.3, -0.25) is 23.9 Å². The van der Waals surface area contributed by atoms with Crippen LogP contribution < -0.4 is 9.46 Å². The first-order valence-corrected chi connectivity index (χ1v) is 21.8. The zero-order chi connectivity index (χ0) is 37.7. The first-order chi connectivity index (χ1) is 26.0. The van der Waals surface area contributed by atoms with E-state index in [4.69, 9.17) is 9.47 Å². The van der Waals surface area contributed by atoms with E-state index in [1.807, 2.05) is 6.07 Å². The van der Waals surface area contributed by atoms with Crippen LogP contribution in [0.4, 0.5) is 0 Å². The summed E-state index contributed by atoms with van der Waals surface area (Å²) in [6.45, 7) is 4.33. The van der Waals surface area contributed by atoms with Crippen molar-refractivity contribution in [2.45, 2.75) is 127 Å². The highest BCUT2D eigenvalue weighted by molar-refractivity contribution is 7.90. The molecule has 1 aromatic heterocycles. The van der Waals surface area contributed by atoms with Crippen LogP contribution in [0.2, 0.25) is 0 Å². The van der Waals surface area contributed by atoms with Gasteiger partial charge in [-0.25, -0.2) is 13.4 Å². The van der Waals surface area contributed by atoms with Gasteiger partial charge in [-0.05, 0) is 99.1 Å². The first-order valence-electron chi connectivity index (χ1n) is 20.2. The van der Waals surface area contributed by atoms with Crippen LogP contribution in [0.5, 0.6) is 5.88 Å². The summed E-state index contributed by atoms with van der Waals surface area (Å²) in [5.74, 6) is -2.22. The number of aryl methyl sites for hydroxylation is 1. The molecule has 290 valence electrons. The Hall–Kier alpha value is -3.80. The molecule has 2 aromatic rings. The van der Waals surface area contributed by atoms with E-state index in [0.29, 0.717) is 31.7 Å². The molecule has 1 spiro atoms. The van der Waals surface area contributed by atoms with E-state index in [2.05, 4.69) is 34.5 Å². The maximum absolute atomic E-state index is 14.9. The number of esters is 1. The number of carbonyl (C=O) groups is 4. The fraction of sp³-hybridized carbons (Fsp3) is 0.643. The number of hydrogen-bond acceptors (Lipinski definition) is 9. The Bertz CT molecular complexity index is 1930. The number of nitrogens with one attached hydrogen (secondary N) is 1. The van der Waals surface area contributed by atoms with Crippen molar-refractivity contribution in [1.29, 1.82) is 0 Å². The molecule has 54 heavy (non-hydrogen) atoms. The van der Waals surface area contributed by atoms with Gasteiger partial charge in [-0.15, -0.1) is 6.58 Å². The molecule has 4 saturated carbocycles. The maximum atomic E-state index is 14.9. The van der Waals surface area contributed by atoms with Crippen molar-refractivity contribution in [2.75, 3.05) is 13.2 Å². The van der Waals surface area contributed by atoms with E-state index in [0.717, 1.165) is 87.0 Å². The Morgan fingerprint density at radius 3 is 2.50 bits per heavy atom. The molecule has 1 saturated heterocycles. The van der Waals surface area contributed by atoms with Crippen LogP contribution in [0.1, 0.15) is 108 Å². The van der Waals surface area contributed by atoms with Gasteiger partial charge in [0.2, 0.25) is 27.7 Å². The lowest BCUT2D eigenvalue weighted by Gasteiger charge is -2.32. The van der Waals surface area contributed by atoms with E-state index in [1.54, 1.807) is 17.2 Å². The Labute approximate surface area is 318 Å². The van der Waals surface area contributed by atoms with Crippen LogP contribution in [-0.4, -0.2) is 72.4 Å². The molecule has 11 nitrogen and oxygen atoms in total. The van der Waals surface area contributed by atoms with Crippen molar-refractivity contribution < 1.29 is 37.1 Å². The highest BCUT2D eigenvalue weighted by atomic mass is 32.2. The number of ether oxygens (including phenoxy) is 2. The molecule has 5 fully saturated rings. The SMILES string of the molecule is C=C[C@H]1C[C@]1(CC(=O)[C@@H]1C[C@@H]2CN1C(=O)[C@H](C1CCCC1)CC(=O)OCC1(CCCC1)CCCc1ccc3ccnc(c3c1)O2)C(=O)NS(=O)(=O)C1CC1. The number of benzene rings is 1. The van der Waals surface area contributed by atoms with Gasteiger partial charge in [0.1, 0.15) is 6.10 Å². The van der Waals surface area contributed by atoms with Crippen molar-refractivity contribution in [3.63, 3.8) is 0 Å². The quantitative estimate of drug-likeness (QED) is 0.254. The average molecular weight is 760 g/mol. The minimum Gasteiger partial charge on any atom is -0.472 e. The molecule has 4 bridgehead atoms. The predicted molar refractivity (Wildman–Crippen MR) is 202 cm³/mol. The van der Waals surface area contributed by atoms with E-state index in [-0.39, 0.29) is 60.7 Å². The highest BCUT2D eigenvalue weighted by Crippen LogP contribution is 2.57. The van der Waals surface area contributed by atoms with Gasteiger partial charge in [-0.1, -0.05) is 43.9 Å². The third kappa shape index (κ3) is 7.43. The fourth-order valence-corrected chi connectivity index (χ4v) is 11.5. The average Bonchev–Trinajstić information content (AvgIpc) is 3.93. The van der Waals surface area contributed by atoms with Crippen molar-refractivity contribution in [1.82, 2.24) is 14.6 Å². The molecule has 1 N–H and O–H groups in total. The van der Waals surface area contributed by atoms with Crippen LogP contribution in [-0.2, 0) is 40.4 Å². The Morgan fingerprint density at radius 2 is 1.78 bits per heavy atom. The van der Waals surface area contributed by atoms with Gasteiger partial charge in [-0.2, -0.15) is 0 Å². The lowest BCUT2D eigenvalue weighted by molar-refractivity contribution is -0.154. The number of carbonyl (C=O) groups excluding carboxylic acids is 4. The second kappa shape index (κ2) is 14.7. The third-order valence-corrected chi connectivity index (χ3v) is 15.4. The molecule has 2 amide bonds. The summed E-state index contributed by atoms with van der Waals surface area (Å²) >= 11 is 0. The van der Waals surface area contributed by atoms with Crippen molar-refractivity contribution in [2.24, 2.45) is 28.6 Å². The number of fused-ring (bicyclic) bond motifs is 3. The molecular formula is C42H53N3O8S. The van der Waals surface area contributed by atoms with E-state index in [9.17, 15) is 27.6 Å². The lowest BCUT2D eigenvalue weighted by atomic mass is 9.81. The summed E-state index contributed by atoms with van der Waals surface area (Å²) in [5, 5.41) is 1.27. The Balaban J connectivity index is 1.12. The molecule has 12 heteroatoms. The first kappa shape index (κ1) is 37.1. The van der Waals surface area contributed by atoms with E-state index >= 15 is 0 Å². The van der Waals surface area contributed by atoms with Gasteiger partial charge >= 0.3 is 5.97 Å². The summed E-state index contributed by atoms with van der Waals surface area (Å²) in [7, 11) is -3.83. The predicted octanol–water partition coefficient (Wildman–Crippen LogP) is 5.98. The molecule has 0 unspecified atom stereocenters. The number of nitrogens with zero attached hydrogens (tertiary/aromatic N) is 2. The molecule has 1 aromatic carbocycles. The summed E-state index contributed by atoms with van der Waals surface area (Å²) < 4.78 is 40.5. The number of allylic oxidation sites excluding steroid dienone is 1. The Morgan fingerprint density at radius 1 is 1.02 bits per heavy atom. The van der Waals surface area contributed by atoms with E-state index < -0.39 is 44.7 Å². The molecule has 2 aliphatic heterocycles. The Kier molecular flexibility index (Phi) is 10.1. The number of rotatable bonds is 8. The standard InChI is InChI=1S/C42H53N3O8S/c1-2-30-23-42(30,40(49)44-54(50,51)32-13-14-32)24-36(46)35-21-31-25-45(35)39(48)34(28-9-3-4-10-28)22-37(47)52-26-41(16-5-6-17-41)18-7-8-27-11-12-29-15-19-43-38(53-31)33(29)20-27/h2,11-12,15,19-20,28,30-32,34-35H,1,3-10,13-14,16-18,21-26H2,(H,44,49)/t30-,31+,34-,35-,42+/m0/s1. The molecule has 0 radical (unpaired) electrons. The maximum Gasteiger partial charge on any atom is 0.306 e. The van der Waals surface area contributed by atoms with Crippen LogP contribution in [0.25, 0.3) is 10.8 Å². The van der Waals surface area contributed by atoms with Gasteiger partial charge < -0.3 is 14.4 Å². The largest absolute Gasteiger partial charge is 0.472 e. The molecule has 3 heterocycles. The van der Waals surface area contributed by atoms with Crippen LogP contribution in [0, 0.1) is 28.6 Å². The van der Waals surface area contributed by atoms with Crippen LogP contribution in [0.3, 0.4) is 0 Å². The number of pyridine rings is 1. The number of hydrogen-bond donors (Lipinski definition) is 1. The minimum atomic E-state index is -3.83. The summed E-state index contributed by atoms with van der Waals surface area (Å²) in [4.78, 5) is 62.9.